The Balaban J connectivity index is 1.35. The topological polar surface area (TPSA) is 105 Å². The van der Waals surface area contributed by atoms with E-state index in [0.29, 0.717) is 61.4 Å². The summed E-state index contributed by atoms with van der Waals surface area (Å²) < 4.78 is 46.7. The number of methoxy groups -OCH3 is 1. The molecule has 10 nitrogen and oxygen atoms in total. The maximum Gasteiger partial charge on any atom is 0.453 e. The fraction of sp³-hybridized carbons (Fsp3) is 0.500. The lowest BCUT2D eigenvalue weighted by molar-refractivity contribution is -0.146. The van der Waals surface area contributed by atoms with Gasteiger partial charge in [-0.15, -0.1) is 5.10 Å². The van der Waals surface area contributed by atoms with Crippen molar-refractivity contribution in [3.63, 3.8) is 0 Å². The molecule has 13 heteroatoms. The molecule has 3 aromatic rings. The molecule has 2 aromatic carbocycles. The van der Waals surface area contributed by atoms with E-state index < -0.39 is 12.0 Å². The standard InChI is InChI=1S/C30H36F3N7O3/c1-19(24-17-23(9-10-27(24)43-3)40-29(30(31,32)33)35-36-37-40)34-26-13-16-39(18-25(26)21-7-5-4-6-8-21)28(42)22-11-14-38(15-12-22)20(2)41/h4-10,17,19,22,25-26,34H,11-16,18H2,1-3H3/t19?,25-,26-/m0/s1. The van der Waals surface area contributed by atoms with Crippen molar-refractivity contribution in [2.24, 2.45) is 5.92 Å². The lowest BCUT2D eigenvalue weighted by Gasteiger charge is -2.42. The molecule has 0 radical (unpaired) electrons. The molecule has 0 saturated carbocycles. The molecule has 2 saturated heterocycles. The molecule has 2 aliphatic rings. The van der Waals surface area contributed by atoms with E-state index in [0.717, 1.165) is 5.56 Å². The summed E-state index contributed by atoms with van der Waals surface area (Å²) in [7, 11) is 1.52. The second-order valence-electron chi connectivity index (χ2n) is 11.2. The van der Waals surface area contributed by atoms with Crippen LogP contribution in [0, 0.1) is 5.92 Å². The number of benzene rings is 2. The first-order valence-electron chi connectivity index (χ1n) is 14.5. The van der Waals surface area contributed by atoms with Gasteiger partial charge in [-0.3, -0.25) is 9.59 Å². The molecule has 3 atom stereocenters. The molecular weight excluding hydrogens is 563 g/mol. The number of aromatic nitrogens is 4. The predicted octanol–water partition coefficient (Wildman–Crippen LogP) is 3.98. The average Bonchev–Trinajstić information content (AvgIpc) is 3.52. The number of amides is 2. The van der Waals surface area contributed by atoms with Crippen molar-refractivity contribution < 1.29 is 27.5 Å². The van der Waals surface area contributed by atoms with Crippen LogP contribution in [0.1, 0.15) is 62.0 Å². The number of nitrogens with zero attached hydrogens (tertiary/aromatic N) is 6. The third-order valence-electron chi connectivity index (χ3n) is 8.55. The fourth-order valence-electron chi connectivity index (χ4n) is 6.23. The quantitative estimate of drug-likeness (QED) is 0.438. The lowest BCUT2D eigenvalue weighted by Crippen LogP contribution is -2.52. The molecule has 3 heterocycles. The number of ether oxygens (including phenoxy) is 1. The zero-order chi connectivity index (χ0) is 30.7. The van der Waals surface area contributed by atoms with Crippen LogP contribution in [0.5, 0.6) is 5.75 Å². The zero-order valence-electron chi connectivity index (χ0n) is 24.4. The number of halogens is 3. The number of hydrogen-bond acceptors (Lipinski definition) is 7. The van der Waals surface area contributed by atoms with Gasteiger partial charge in [-0.25, -0.2) is 0 Å². The van der Waals surface area contributed by atoms with Crippen molar-refractivity contribution in [1.82, 2.24) is 35.3 Å². The summed E-state index contributed by atoms with van der Waals surface area (Å²) in [6, 6.07) is 14.4. The Hall–Kier alpha value is -4.00. The number of piperidine rings is 2. The summed E-state index contributed by atoms with van der Waals surface area (Å²) in [4.78, 5) is 29.1. The molecule has 2 aliphatic heterocycles. The first-order valence-corrected chi connectivity index (χ1v) is 14.5. The van der Waals surface area contributed by atoms with E-state index in [2.05, 4.69) is 33.0 Å². The largest absolute Gasteiger partial charge is 0.496 e. The SMILES string of the molecule is COc1ccc(-n2nnnc2C(F)(F)F)cc1C(C)N[C@H]1CCN(C(=O)C2CCN(C(C)=O)CC2)C[C@H]1c1ccccc1. The van der Waals surface area contributed by atoms with Gasteiger partial charge < -0.3 is 19.9 Å². The van der Waals surface area contributed by atoms with Gasteiger partial charge >= 0.3 is 6.18 Å². The molecule has 2 fully saturated rings. The van der Waals surface area contributed by atoms with E-state index in [1.165, 1.54) is 13.2 Å². The Bertz CT molecular complexity index is 1420. The number of rotatable bonds is 7. The number of carbonyl (C=O) groups excluding carboxylic acids is 2. The third-order valence-corrected chi connectivity index (χ3v) is 8.55. The predicted molar refractivity (Wildman–Crippen MR) is 151 cm³/mol. The Labute approximate surface area is 248 Å². The molecular formula is C30H36F3N7O3. The van der Waals surface area contributed by atoms with Crippen LogP contribution >= 0.6 is 0 Å². The Morgan fingerprint density at radius 1 is 1.02 bits per heavy atom. The average molecular weight is 600 g/mol. The molecule has 1 N–H and O–H groups in total. The molecule has 5 rings (SSSR count). The fourth-order valence-corrected chi connectivity index (χ4v) is 6.23. The van der Waals surface area contributed by atoms with Gasteiger partial charge in [0.2, 0.25) is 11.8 Å². The molecule has 230 valence electrons. The first kappa shape index (κ1) is 30.5. The van der Waals surface area contributed by atoms with Crippen molar-refractivity contribution >= 4 is 11.8 Å². The van der Waals surface area contributed by atoms with Crippen LogP contribution in [0.3, 0.4) is 0 Å². The van der Waals surface area contributed by atoms with Crippen LogP contribution in [0.25, 0.3) is 5.69 Å². The molecule has 2 amide bonds. The highest BCUT2D eigenvalue weighted by atomic mass is 19.4. The smallest absolute Gasteiger partial charge is 0.453 e. The van der Waals surface area contributed by atoms with Crippen LogP contribution < -0.4 is 10.1 Å². The van der Waals surface area contributed by atoms with Gasteiger partial charge in [-0.05, 0) is 60.4 Å². The highest BCUT2D eigenvalue weighted by Gasteiger charge is 2.39. The van der Waals surface area contributed by atoms with Crippen molar-refractivity contribution in [2.75, 3.05) is 33.3 Å². The maximum absolute atomic E-state index is 13.6. The van der Waals surface area contributed by atoms with E-state index in [4.69, 9.17) is 4.74 Å². The van der Waals surface area contributed by atoms with E-state index in [9.17, 15) is 22.8 Å². The summed E-state index contributed by atoms with van der Waals surface area (Å²) in [5.74, 6) is -0.632. The van der Waals surface area contributed by atoms with Crippen LogP contribution in [-0.4, -0.2) is 81.2 Å². The Kier molecular flexibility index (Phi) is 9.00. The number of carbonyl (C=O) groups is 2. The second-order valence-corrected chi connectivity index (χ2v) is 11.2. The highest BCUT2D eigenvalue weighted by molar-refractivity contribution is 5.80. The van der Waals surface area contributed by atoms with E-state index >= 15 is 0 Å². The number of nitrogens with one attached hydrogen (secondary N) is 1. The van der Waals surface area contributed by atoms with Gasteiger partial charge in [0.25, 0.3) is 5.82 Å². The summed E-state index contributed by atoms with van der Waals surface area (Å²) >= 11 is 0. The number of likely N-dealkylation sites (tertiary alicyclic amines) is 2. The number of tetrazole rings is 1. The third kappa shape index (κ3) is 6.66. The van der Waals surface area contributed by atoms with Gasteiger partial charge in [-0.2, -0.15) is 17.9 Å². The minimum Gasteiger partial charge on any atom is -0.496 e. The van der Waals surface area contributed by atoms with Gasteiger partial charge in [0.15, 0.2) is 0 Å². The van der Waals surface area contributed by atoms with Crippen LogP contribution in [0.4, 0.5) is 13.2 Å². The number of alkyl halides is 3. The highest BCUT2D eigenvalue weighted by Crippen LogP contribution is 2.35. The van der Waals surface area contributed by atoms with E-state index in [1.807, 2.05) is 30.0 Å². The Morgan fingerprint density at radius 3 is 2.37 bits per heavy atom. The molecule has 0 aliphatic carbocycles. The zero-order valence-corrected chi connectivity index (χ0v) is 24.4. The van der Waals surface area contributed by atoms with Crippen LogP contribution in [0.2, 0.25) is 0 Å². The monoisotopic (exact) mass is 599 g/mol. The summed E-state index contributed by atoms with van der Waals surface area (Å²) in [5, 5.41) is 13.7. The molecule has 0 bridgehead atoms. The summed E-state index contributed by atoms with van der Waals surface area (Å²) in [5.41, 5.74) is 1.92. The van der Waals surface area contributed by atoms with Gasteiger partial charge in [-0.1, -0.05) is 30.3 Å². The van der Waals surface area contributed by atoms with Gasteiger partial charge in [0, 0.05) is 62.6 Å². The van der Waals surface area contributed by atoms with E-state index in [1.54, 1.807) is 24.0 Å². The second kappa shape index (κ2) is 12.7. The van der Waals surface area contributed by atoms with E-state index in [-0.39, 0.29) is 41.4 Å². The Morgan fingerprint density at radius 2 is 1.72 bits per heavy atom. The molecule has 43 heavy (non-hydrogen) atoms. The summed E-state index contributed by atoms with van der Waals surface area (Å²) in [6.07, 6.45) is -2.70. The minimum atomic E-state index is -4.72. The van der Waals surface area contributed by atoms with Gasteiger partial charge in [0.1, 0.15) is 5.75 Å². The normalized spacial score (nSPS) is 20.6. The molecule has 1 aromatic heterocycles. The van der Waals surface area contributed by atoms with Crippen molar-refractivity contribution in [3.8, 4) is 11.4 Å². The molecule has 1 unspecified atom stereocenters. The van der Waals surface area contributed by atoms with Crippen LogP contribution in [-0.2, 0) is 15.8 Å². The van der Waals surface area contributed by atoms with Gasteiger partial charge in [0.05, 0.1) is 12.8 Å². The minimum absolute atomic E-state index is 0.0100. The maximum atomic E-state index is 13.6. The lowest BCUT2D eigenvalue weighted by atomic mass is 9.84. The summed E-state index contributed by atoms with van der Waals surface area (Å²) in [6.45, 7) is 5.81. The first-order chi connectivity index (χ1) is 20.6. The van der Waals surface area contributed by atoms with Crippen molar-refractivity contribution in [3.05, 3.63) is 65.5 Å². The van der Waals surface area contributed by atoms with Crippen LogP contribution in [0.15, 0.2) is 48.5 Å². The number of hydrogen-bond donors (Lipinski definition) is 1. The van der Waals surface area contributed by atoms with Crippen molar-refractivity contribution in [1.29, 1.82) is 0 Å². The molecule has 0 spiro atoms. The van der Waals surface area contributed by atoms with Crippen molar-refractivity contribution in [2.45, 2.75) is 57.3 Å².